The van der Waals surface area contributed by atoms with E-state index in [9.17, 15) is 5.26 Å². The lowest BCUT2D eigenvalue weighted by molar-refractivity contribution is 0.414. The van der Waals surface area contributed by atoms with Gasteiger partial charge in [0.25, 0.3) is 0 Å². The molecule has 7 heteroatoms. The number of rotatable bonds is 4. The third kappa shape index (κ3) is 3.29. The summed E-state index contributed by atoms with van der Waals surface area (Å²) in [6.07, 6.45) is 4.36. The molecular weight excluding hydrogens is 370 g/mol. The zero-order chi connectivity index (χ0) is 19.5. The molecule has 0 unspecified atom stereocenters. The molecule has 0 spiro atoms. The number of benzene rings is 1. The van der Waals surface area contributed by atoms with Crippen molar-refractivity contribution in [3.05, 3.63) is 51.9 Å². The zero-order valence-corrected chi connectivity index (χ0v) is 17.0. The summed E-state index contributed by atoms with van der Waals surface area (Å²) in [5.41, 5.74) is 2.79. The molecule has 2 aromatic rings. The average Bonchev–Trinajstić information content (AvgIpc) is 3.26. The van der Waals surface area contributed by atoms with Crippen molar-refractivity contribution in [2.45, 2.75) is 39.2 Å². The Bertz CT molecular complexity index is 968. The number of hydrogen-bond acceptors (Lipinski definition) is 6. The SMILES string of the molecule is CCN1C(c2ccc(OC)cc2)=CS/C1=C(\C#N)c1nnc2n1CCCCC2. The number of aromatic nitrogens is 3. The van der Waals surface area contributed by atoms with Crippen molar-refractivity contribution >= 4 is 23.0 Å². The summed E-state index contributed by atoms with van der Waals surface area (Å²) in [7, 11) is 1.67. The number of nitrogens with zero attached hydrogens (tertiary/aromatic N) is 5. The van der Waals surface area contributed by atoms with Crippen LogP contribution in [0.2, 0.25) is 0 Å². The Morgan fingerprint density at radius 1 is 1.21 bits per heavy atom. The van der Waals surface area contributed by atoms with Crippen molar-refractivity contribution in [3.8, 4) is 11.8 Å². The predicted octanol–water partition coefficient (Wildman–Crippen LogP) is 4.27. The lowest BCUT2D eigenvalue weighted by Gasteiger charge is -2.23. The Morgan fingerprint density at radius 3 is 2.75 bits per heavy atom. The van der Waals surface area contributed by atoms with E-state index in [4.69, 9.17) is 4.74 Å². The molecule has 0 aliphatic carbocycles. The molecular formula is C21H23N5OS. The molecule has 6 nitrogen and oxygen atoms in total. The first-order valence-electron chi connectivity index (χ1n) is 9.62. The Hall–Kier alpha value is -2.72. The van der Waals surface area contributed by atoms with Gasteiger partial charge in [-0.1, -0.05) is 18.2 Å². The van der Waals surface area contributed by atoms with Gasteiger partial charge in [-0.2, -0.15) is 5.26 Å². The maximum absolute atomic E-state index is 10.00. The van der Waals surface area contributed by atoms with E-state index < -0.39 is 0 Å². The summed E-state index contributed by atoms with van der Waals surface area (Å²) in [6.45, 7) is 3.75. The smallest absolute Gasteiger partial charge is 0.177 e. The van der Waals surface area contributed by atoms with Crippen molar-refractivity contribution in [1.82, 2.24) is 19.7 Å². The fraction of sp³-hybridized carbons (Fsp3) is 0.381. The molecule has 0 saturated carbocycles. The predicted molar refractivity (Wildman–Crippen MR) is 111 cm³/mol. The molecule has 0 N–H and O–H groups in total. The first-order valence-corrected chi connectivity index (χ1v) is 10.5. The van der Waals surface area contributed by atoms with Gasteiger partial charge in [-0.25, -0.2) is 0 Å². The van der Waals surface area contributed by atoms with Crippen LogP contribution in [0.3, 0.4) is 0 Å². The molecule has 1 aromatic heterocycles. The highest BCUT2D eigenvalue weighted by atomic mass is 32.2. The van der Waals surface area contributed by atoms with Gasteiger partial charge in [0.1, 0.15) is 28.2 Å². The first-order chi connectivity index (χ1) is 13.8. The highest BCUT2D eigenvalue weighted by Crippen LogP contribution is 2.43. The van der Waals surface area contributed by atoms with E-state index in [1.54, 1.807) is 18.9 Å². The highest BCUT2D eigenvalue weighted by Gasteiger charge is 2.28. The van der Waals surface area contributed by atoms with E-state index in [0.29, 0.717) is 11.4 Å². The molecule has 0 radical (unpaired) electrons. The number of hydrogen-bond donors (Lipinski definition) is 0. The number of fused-ring (bicyclic) bond motifs is 1. The molecule has 28 heavy (non-hydrogen) atoms. The van der Waals surface area contributed by atoms with Crippen LogP contribution in [0.15, 0.2) is 34.7 Å². The largest absolute Gasteiger partial charge is 0.497 e. The molecule has 1 aromatic carbocycles. The lowest BCUT2D eigenvalue weighted by Crippen LogP contribution is -2.18. The van der Waals surface area contributed by atoms with Crippen LogP contribution in [-0.2, 0) is 13.0 Å². The first kappa shape index (κ1) is 18.6. The number of ether oxygens (including phenoxy) is 1. The molecule has 0 bridgehead atoms. The third-order valence-electron chi connectivity index (χ3n) is 5.18. The van der Waals surface area contributed by atoms with Crippen LogP contribution in [0.4, 0.5) is 0 Å². The molecule has 2 aliphatic rings. The summed E-state index contributed by atoms with van der Waals surface area (Å²) < 4.78 is 7.40. The normalized spacial score (nSPS) is 18.2. The van der Waals surface area contributed by atoms with Crippen molar-refractivity contribution in [2.75, 3.05) is 13.7 Å². The van der Waals surface area contributed by atoms with Gasteiger partial charge in [-0.3, -0.25) is 0 Å². The van der Waals surface area contributed by atoms with Crippen LogP contribution in [0, 0.1) is 11.3 Å². The number of aryl methyl sites for hydroxylation is 1. The number of thioether (sulfide) groups is 1. The Kier molecular flexibility index (Phi) is 5.40. The van der Waals surface area contributed by atoms with Crippen LogP contribution in [-0.4, -0.2) is 33.3 Å². The van der Waals surface area contributed by atoms with Crippen LogP contribution in [0.25, 0.3) is 11.3 Å². The quantitative estimate of drug-likeness (QED) is 0.723. The van der Waals surface area contributed by atoms with E-state index in [0.717, 1.165) is 60.2 Å². The molecule has 3 heterocycles. The van der Waals surface area contributed by atoms with Crippen LogP contribution in [0.1, 0.15) is 43.4 Å². The summed E-state index contributed by atoms with van der Waals surface area (Å²) in [5, 5.41) is 21.8. The van der Waals surface area contributed by atoms with Gasteiger partial charge in [0.2, 0.25) is 0 Å². The number of allylic oxidation sites excluding steroid dienone is 1. The second-order valence-corrected chi connectivity index (χ2v) is 7.65. The number of methoxy groups -OCH3 is 1. The maximum Gasteiger partial charge on any atom is 0.177 e. The topological polar surface area (TPSA) is 67.0 Å². The lowest BCUT2D eigenvalue weighted by atomic mass is 10.1. The van der Waals surface area contributed by atoms with E-state index in [1.165, 1.54) is 6.42 Å². The van der Waals surface area contributed by atoms with Gasteiger partial charge in [-0.15, -0.1) is 10.2 Å². The fourth-order valence-electron chi connectivity index (χ4n) is 3.71. The second kappa shape index (κ2) is 8.11. The van der Waals surface area contributed by atoms with Crippen LogP contribution >= 0.6 is 11.8 Å². The minimum atomic E-state index is 0.604. The summed E-state index contributed by atoms with van der Waals surface area (Å²) in [5.74, 6) is 2.53. The summed E-state index contributed by atoms with van der Waals surface area (Å²) in [4.78, 5) is 2.18. The summed E-state index contributed by atoms with van der Waals surface area (Å²) in [6, 6.07) is 10.4. The molecule has 0 fully saturated rings. The third-order valence-corrected chi connectivity index (χ3v) is 6.17. The highest BCUT2D eigenvalue weighted by molar-refractivity contribution is 8.06. The van der Waals surface area contributed by atoms with Crippen LogP contribution < -0.4 is 4.74 Å². The van der Waals surface area contributed by atoms with Crippen LogP contribution in [0.5, 0.6) is 5.75 Å². The Morgan fingerprint density at radius 2 is 2.04 bits per heavy atom. The van der Waals surface area contributed by atoms with Crippen molar-refractivity contribution < 1.29 is 4.74 Å². The second-order valence-electron chi connectivity index (χ2n) is 6.79. The summed E-state index contributed by atoms with van der Waals surface area (Å²) >= 11 is 1.58. The Labute approximate surface area is 169 Å². The van der Waals surface area contributed by atoms with Crippen molar-refractivity contribution in [3.63, 3.8) is 0 Å². The molecule has 2 aliphatic heterocycles. The number of nitriles is 1. The van der Waals surface area contributed by atoms with E-state index in [1.807, 2.05) is 24.3 Å². The Balaban J connectivity index is 1.72. The molecule has 0 saturated heterocycles. The van der Waals surface area contributed by atoms with E-state index >= 15 is 0 Å². The monoisotopic (exact) mass is 393 g/mol. The van der Waals surface area contributed by atoms with Gasteiger partial charge < -0.3 is 14.2 Å². The minimum absolute atomic E-state index is 0.604. The van der Waals surface area contributed by atoms with Crippen molar-refractivity contribution in [1.29, 1.82) is 5.26 Å². The fourth-order valence-corrected chi connectivity index (χ4v) is 4.80. The van der Waals surface area contributed by atoms with Gasteiger partial charge in [-0.05, 0) is 49.6 Å². The molecule has 0 atom stereocenters. The zero-order valence-electron chi connectivity index (χ0n) is 16.2. The molecule has 0 amide bonds. The van der Waals surface area contributed by atoms with Crippen molar-refractivity contribution in [2.24, 2.45) is 0 Å². The average molecular weight is 394 g/mol. The molecule has 4 rings (SSSR count). The standard InChI is InChI=1S/C21H23N5OS/c1-3-25-18(15-8-10-16(27-2)11-9-15)14-28-21(25)17(13-22)20-24-23-19-7-5-4-6-12-26(19)20/h8-11,14H,3-7,12H2,1-2H3/b21-17+. The van der Waals surface area contributed by atoms with Gasteiger partial charge in [0, 0.05) is 24.9 Å². The van der Waals surface area contributed by atoms with Gasteiger partial charge >= 0.3 is 0 Å². The van der Waals surface area contributed by atoms with Gasteiger partial charge in [0.05, 0.1) is 12.8 Å². The van der Waals surface area contributed by atoms with E-state index in [2.05, 4.69) is 38.1 Å². The molecule has 144 valence electrons. The minimum Gasteiger partial charge on any atom is -0.497 e. The van der Waals surface area contributed by atoms with E-state index in [-0.39, 0.29) is 0 Å². The van der Waals surface area contributed by atoms with Gasteiger partial charge in [0.15, 0.2) is 5.82 Å². The maximum atomic E-state index is 10.00.